The lowest BCUT2D eigenvalue weighted by atomic mass is 9.81. The Labute approximate surface area is 234 Å². The molecule has 0 aromatic rings. The molecule has 6 heteroatoms. The lowest BCUT2D eigenvalue weighted by Gasteiger charge is -2.46. The van der Waals surface area contributed by atoms with Gasteiger partial charge in [-0.2, -0.15) is 0 Å². The first-order valence-corrected chi connectivity index (χ1v) is 15.8. The maximum Gasteiger partial charge on any atom is 0.320 e. The fourth-order valence-corrected chi connectivity index (χ4v) is 5.72. The van der Waals surface area contributed by atoms with E-state index in [1.807, 2.05) is 6.92 Å². The van der Waals surface area contributed by atoms with Crippen molar-refractivity contribution in [2.45, 2.75) is 168 Å². The van der Waals surface area contributed by atoms with E-state index >= 15 is 0 Å². The molecule has 0 aliphatic carbocycles. The van der Waals surface area contributed by atoms with E-state index < -0.39 is 17.9 Å². The van der Waals surface area contributed by atoms with Crippen molar-refractivity contribution in [1.29, 1.82) is 0 Å². The number of nitrogens with one attached hydrogen (secondary N) is 1. The molecule has 0 aromatic carbocycles. The molecule has 1 fully saturated rings. The quantitative estimate of drug-likeness (QED) is 0.0856. The molecule has 224 valence electrons. The Morgan fingerprint density at radius 2 is 1.13 bits per heavy atom. The third kappa shape index (κ3) is 16.7. The fraction of sp³-hybridized carbons (Fsp3) is 0.938. The van der Waals surface area contributed by atoms with Crippen molar-refractivity contribution in [3.05, 3.63) is 0 Å². The summed E-state index contributed by atoms with van der Waals surface area (Å²) in [6.45, 7) is 14.7. The van der Waals surface area contributed by atoms with E-state index in [2.05, 4.69) is 39.9 Å². The summed E-state index contributed by atoms with van der Waals surface area (Å²) in [6.07, 6.45) is 18.3. The van der Waals surface area contributed by atoms with E-state index in [0.717, 1.165) is 70.8 Å². The third-order valence-electron chi connectivity index (χ3n) is 7.40. The van der Waals surface area contributed by atoms with Crippen molar-refractivity contribution >= 4 is 11.9 Å². The molecule has 1 aliphatic rings. The van der Waals surface area contributed by atoms with Gasteiger partial charge in [0.15, 0.2) is 5.92 Å². The lowest BCUT2D eigenvalue weighted by molar-refractivity contribution is -0.162. The van der Waals surface area contributed by atoms with E-state index in [1.54, 1.807) is 0 Å². The number of hydrogen-bond donors (Lipinski definition) is 1. The van der Waals surface area contributed by atoms with Crippen LogP contribution < -0.4 is 5.32 Å². The third-order valence-corrected chi connectivity index (χ3v) is 7.40. The van der Waals surface area contributed by atoms with Gasteiger partial charge in [0.2, 0.25) is 0 Å². The van der Waals surface area contributed by atoms with Crippen LogP contribution in [0.3, 0.4) is 0 Å². The Morgan fingerprint density at radius 3 is 1.68 bits per heavy atom. The van der Waals surface area contributed by atoms with Gasteiger partial charge in [0.1, 0.15) is 0 Å². The highest BCUT2D eigenvalue weighted by molar-refractivity contribution is 5.94. The van der Waals surface area contributed by atoms with Crippen LogP contribution in [-0.4, -0.2) is 48.9 Å². The molecule has 0 amide bonds. The summed E-state index contributed by atoms with van der Waals surface area (Å²) >= 11 is 0. The maximum absolute atomic E-state index is 12.7. The van der Waals surface area contributed by atoms with Crippen molar-refractivity contribution in [3.63, 3.8) is 0 Å². The van der Waals surface area contributed by atoms with Gasteiger partial charge in [-0.3, -0.25) is 9.59 Å². The summed E-state index contributed by atoms with van der Waals surface area (Å²) in [5, 5.41) is 3.70. The number of unbranched alkanes of at least 4 members (excludes halogenated alkanes) is 11. The molecule has 0 spiro atoms. The summed E-state index contributed by atoms with van der Waals surface area (Å²) in [7, 11) is 0. The molecule has 0 bridgehead atoms. The number of hydrogen-bond acceptors (Lipinski definition) is 6. The van der Waals surface area contributed by atoms with Gasteiger partial charge < -0.3 is 19.5 Å². The summed E-state index contributed by atoms with van der Waals surface area (Å²) in [5.74, 6) is -1.62. The Hall–Kier alpha value is -1.14. The Kier molecular flexibility index (Phi) is 18.2. The summed E-state index contributed by atoms with van der Waals surface area (Å²) in [4.78, 5) is 25.2. The number of rotatable bonds is 22. The number of carbonyl (C=O) groups excluding carboxylic acids is 2. The Morgan fingerprint density at radius 1 is 0.658 bits per heavy atom. The Balaban J connectivity index is 2.23. The molecular weight excluding hydrogens is 478 g/mol. The van der Waals surface area contributed by atoms with E-state index in [0.29, 0.717) is 25.7 Å². The maximum atomic E-state index is 12.7. The highest BCUT2D eigenvalue weighted by atomic mass is 16.6. The van der Waals surface area contributed by atoms with Crippen LogP contribution in [0.5, 0.6) is 0 Å². The molecule has 1 atom stereocenters. The van der Waals surface area contributed by atoms with Crippen molar-refractivity contribution in [2.75, 3.05) is 19.8 Å². The summed E-state index contributed by atoms with van der Waals surface area (Å²) in [6, 6.07) is 0. The first-order valence-electron chi connectivity index (χ1n) is 15.8. The zero-order valence-electron chi connectivity index (χ0n) is 25.8. The SMILES string of the molecule is CCCCCCCCCCOC(=O)C(CCCCCCCOC1CC(C)(C)NC(C)(C)C1)C(=O)OCCC. The molecule has 1 rings (SSSR count). The van der Waals surface area contributed by atoms with Gasteiger partial charge >= 0.3 is 11.9 Å². The normalized spacial score (nSPS) is 17.7. The second-order valence-corrected chi connectivity index (χ2v) is 12.7. The molecule has 0 radical (unpaired) electrons. The van der Waals surface area contributed by atoms with Crippen LogP contribution in [0.15, 0.2) is 0 Å². The largest absolute Gasteiger partial charge is 0.465 e. The molecular formula is C32H61NO5. The summed E-state index contributed by atoms with van der Waals surface area (Å²) < 4.78 is 17.0. The zero-order chi connectivity index (χ0) is 28.3. The lowest BCUT2D eigenvalue weighted by Crippen LogP contribution is -2.59. The van der Waals surface area contributed by atoms with Crippen LogP contribution in [0.1, 0.15) is 151 Å². The van der Waals surface area contributed by atoms with Gasteiger partial charge in [0.05, 0.1) is 19.3 Å². The minimum Gasteiger partial charge on any atom is -0.465 e. The van der Waals surface area contributed by atoms with E-state index in [1.165, 1.54) is 38.5 Å². The molecule has 1 unspecified atom stereocenters. The van der Waals surface area contributed by atoms with Crippen molar-refractivity contribution in [1.82, 2.24) is 5.32 Å². The summed E-state index contributed by atoms with van der Waals surface area (Å²) in [5.41, 5.74) is 0.215. The van der Waals surface area contributed by atoms with Crippen LogP contribution in [0.4, 0.5) is 0 Å². The second-order valence-electron chi connectivity index (χ2n) is 12.7. The average molecular weight is 540 g/mol. The van der Waals surface area contributed by atoms with Gasteiger partial charge in [0.25, 0.3) is 0 Å². The molecule has 1 N–H and O–H groups in total. The van der Waals surface area contributed by atoms with Gasteiger partial charge in [0, 0.05) is 17.7 Å². The van der Waals surface area contributed by atoms with Crippen molar-refractivity contribution in [2.24, 2.45) is 5.92 Å². The minimum absolute atomic E-state index is 0.107. The number of piperidine rings is 1. The van der Waals surface area contributed by atoms with Crippen molar-refractivity contribution < 1.29 is 23.8 Å². The molecule has 6 nitrogen and oxygen atoms in total. The average Bonchev–Trinajstić information content (AvgIpc) is 2.83. The highest BCUT2D eigenvalue weighted by Crippen LogP contribution is 2.30. The fourth-order valence-electron chi connectivity index (χ4n) is 5.72. The molecule has 38 heavy (non-hydrogen) atoms. The van der Waals surface area contributed by atoms with Gasteiger partial charge in [-0.15, -0.1) is 0 Å². The van der Waals surface area contributed by atoms with E-state index in [4.69, 9.17) is 14.2 Å². The molecule has 1 saturated heterocycles. The first-order chi connectivity index (χ1) is 18.1. The molecule has 1 heterocycles. The first kappa shape index (κ1) is 34.9. The molecule has 0 aromatic heterocycles. The number of carbonyl (C=O) groups is 2. The van der Waals surface area contributed by atoms with Crippen LogP contribution in [-0.2, 0) is 23.8 Å². The molecule has 0 saturated carbocycles. The van der Waals surface area contributed by atoms with Crippen LogP contribution in [0.25, 0.3) is 0 Å². The van der Waals surface area contributed by atoms with E-state index in [9.17, 15) is 9.59 Å². The molecule has 1 aliphatic heterocycles. The standard InChI is InChI=1S/C32H61NO5/c1-7-9-10-11-12-13-16-20-24-38-30(35)28(29(34)37-22-8-2)21-18-15-14-17-19-23-36-27-25-31(3,4)33-32(5,6)26-27/h27-28,33H,7-26H2,1-6H3. The number of esters is 2. The predicted molar refractivity (Wildman–Crippen MR) is 156 cm³/mol. The minimum atomic E-state index is -0.787. The van der Waals surface area contributed by atoms with Crippen LogP contribution in [0, 0.1) is 5.92 Å². The second kappa shape index (κ2) is 19.8. The van der Waals surface area contributed by atoms with Gasteiger partial charge in [-0.05, 0) is 66.2 Å². The predicted octanol–water partition coefficient (Wildman–Crippen LogP) is 7.91. The van der Waals surface area contributed by atoms with E-state index in [-0.39, 0.29) is 11.1 Å². The Bertz CT molecular complexity index is 617. The van der Waals surface area contributed by atoms with Crippen LogP contribution in [0.2, 0.25) is 0 Å². The highest BCUT2D eigenvalue weighted by Gasteiger charge is 2.38. The zero-order valence-corrected chi connectivity index (χ0v) is 25.8. The van der Waals surface area contributed by atoms with Gasteiger partial charge in [-0.1, -0.05) is 84.5 Å². The monoisotopic (exact) mass is 539 g/mol. The number of ether oxygens (including phenoxy) is 3. The smallest absolute Gasteiger partial charge is 0.320 e. The van der Waals surface area contributed by atoms with Gasteiger partial charge in [-0.25, -0.2) is 0 Å². The van der Waals surface area contributed by atoms with Crippen molar-refractivity contribution in [3.8, 4) is 0 Å². The topological polar surface area (TPSA) is 73.9 Å². The van der Waals surface area contributed by atoms with Crippen LogP contribution >= 0.6 is 0 Å².